The van der Waals surface area contributed by atoms with Crippen LogP contribution in [0.2, 0.25) is 0 Å². The fraction of sp³-hybridized carbons (Fsp3) is 0.286. The third-order valence-electron chi connectivity index (χ3n) is 3.31. The van der Waals surface area contributed by atoms with Gasteiger partial charge in [0.1, 0.15) is 0 Å². The van der Waals surface area contributed by atoms with Crippen LogP contribution < -0.4 is 29.6 Å². The Morgan fingerprint density at radius 3 is 2.84 bits per heavy atom. The number of benzene rings is 1. The largest absolute Gasteiger partial charge is 1.00 e. The molecule has 1 aromatic heterocycles. The van der Waals surface area contributed by atoms with E-state index in [0.717, 1.165) is 33.1 Å². The zero-order valence-corrected chi connectivity index (χ0v) is 15.1. The van der Waals surface area contributed by atoms with Gasteiger partial charge in [-0.25, -0.2) is 0 Å². The molecule has 0 bridgehead atoms. The van der Waals surface area contributed by atoms with Crippen LogP contribution in [0.15, 0.2) is 39.8 Å². The maximum absolute atomic E-state index is 12.1. The van der Waals surface area contributed by atoms with Crippen molar-refractivity contribution in [3.8, 4) is 0 Å². The summed E-state index contributed by atoms with van der Waals surface area (Å²) in [5.41, 5.74) is 0.935. The molecule has 3 rings (SSSR count). The Morgan fingerprint density at radius 2 is 2.16 bits per heavy atom. The maximum atomic E-state index is 12.1. The van der Waals surface area contributed by atoms with Gasteiger partial charge in [0, 0.05) is 26.9 Å². The third kappa shape index (κ3) is 3.42. The minimum absolute atomic E-state index is 0. The fourth-order valence-corrected chi connectivity index (χ4v) is 3.40. The van der Waals surface area contributed by atoms with E-state index in [2.05, 4.69) is 20.9 Å². The van der Waals surface area contributed by atoms with Gasteiger partial charge in [-0.2, -0.15) is 0 Å². The summed E-state index contributed by atoms with van der Waals surface area (Å²) in [4.78, 5) is 17.4. The summed E-state index contributed by atoms with van der Waals surface area (Å²) in [6.07, 6.45) is 5.07. The summed E-state index contributed by atoms with van der Waals surface area (Å²) < 4.78 is 1.01. The third-order valence-corrected chi connectivity index (χ3v) is 4.92. The van der Waals surface area contributed by atoms with E-state index < -0.39 is 0 Å². The molecule has 0 radical (unpaired) electrons. The molecule has 1 heterocycles. The van der Waals surface area contributed by atoms with E-state index in [1.165, 1.54) is 18.2 Å². The molecule has 5 heteroatoms. The number of hydrogen-bond acceptors (Lipinski definition) is 3. The summed E-state index contributed by atoms with van der Waals surface area (Å²) in [5, 5.41) is 1.35. The molecule has 0 saturated heterocycles. The van der Waals surface area contributed by atoms with Crippen LogP contribution in [-0.4, -0.2) is 10.1 Å². The van der Waals surface area contributed by atoms with Gasteiger partial charge in [0.05, 0.1) is 5.52 Å². The number of nitrogens with zero attached hydrogens (tertiary/aromatic N) is 1. The number of pyridine rings is 1. The minimum Gasteiger partial charge on any atom is -1.00 e. The van der Waals surface area contributed by atoms with Crippen molar-refractivity contribution in [1.82, 2.24) is 4.98 Å². The first-order valence-corrected chi connectivity index (χ1v) is 7.61. The van der Waals surface area contributed by atoms with E-state index in [1.807, 2.05) is 24.3 Å². The molecule has 1 saturated carbocycles. The predicted molar refractivity (Wildman–Crippen MR) is 78.8 cm³/mol. The number of carbonyl (C=O) groups excluding carboxylic acids is 1. The van der Waals surface area contributed by atoms with E-state index >= 15 is 0 Å². The Balaban J connectivity index is 0.000001000. The molecule has 0 unspecified atom stereocenters. The number of rotatable bonds is 2. The van der Waals surface area contributed by atoms with Crippen molar-refractivity contribution in [3.05, 3.63) is 34.9 Å². The monoisotopic (exact) mass is 345 g/mol. The van der Waals surface area contributed by atoms with Gasteiger partial charge in [-0.3, -0.25) is 9.78 Å². The van der Waals surface area contributed by atoms with E-state index in [4.69, 9.17) is 0 Å². The molecule has 0 N–H and O–H groups in total. The average Bonchev–Trinajstić information content (AvgIpc) is 2.27. The molecule has 19 heavy (non-hydrogen) atoms. The SMILES string of the molecule is O=C(Sc1ccnc2ccc(Br)cc12)C1CCC1.[H-].[Na+]. The number of halogens is 1. The van der Waals surface area contributed by atoms with E-state index in [0.29, 0.717) is 5.12 Å². The van der Waals surface area contributed by atoms with Crippen LogP contribution in [0.1, 0.15) is 20.7 Å². The zero-order chi connectivity index (χ0) is 12.5. The standard InChI is InChI=1S/C14H12BrNOS.Na.H/c15-10-4-5-12-11(8-10)13(6-7-16-12)18-14(17)9-2-1-3-9;;/h4-9H,1-3H2;;/q;+1;-1. The van der Waals surface area contributed by atoms with E-state index in [-0.39, 0.29) is 36.9 Å². The summed E-state index contributed by atoms with van der Waals surface area (Å²) in [7, 11) is 0. The fourth-order valence-electron chi connectivity index (χ4n) is 2.02. The Labute approximate surface area is 148 Å². The second kappa shape index (κ2) is 6.72. The molecular formula is C14H13BrNNaOS. The van der Waals surface area contributed by atoms with Crippen LogP contribution in [0.25, 0.3) is 10.9 Å². The van der Waals surface area contributed by atoms with Gasteiger partial charge in [-0.15, -0.1) is 0 Å². The Bertz CT molecular complexity index is 621. The predicted octanol–water partition coefficient (Wildman–Crippen LogP) is 1.53. The Morgan fingerprint density at radius 1 is 1.37 bits per heavy atom. The molecule has 94 valence electrons. The Kier molecular flexibility index (Phi) is 5.49. The van der Waals surface area contributed by atoms with Crippen molar-refractivity contribution in [2.24, 2.45) is 5.92 Å². The minimum atomic E-state index is 0. The maximum Gasteiger partial charge on any atom is 1.00 e. The number of fused-ring (bicyclic) bond motifs is 1. The average molecular weight is 346 g/mol. The topological polar surface area (TPSA) is 30.0 Å². The molecule has 1 aliphatic carbocycles. The van der Waals surface area contributed by atoms with Gasteiger partial charge in [0.15, 0.2) is 5.12 Å². The summed E-state index contributed by atoms with van der Waals surface area (Å²) in [6.45, 7) is 0. The molecule has 0 atom stereocenters. The molecular weight excluding hydrogens is 333 g/mol. The summed E-state index contributed by atoms with van der Waals surface area (Å²) in [6, 6.07) is 7.89. The number of carbonyl (C=O) groups is 1. The van der Waals surface area contributed by atoms with Crippen molar-refractivity contribution in [1.29, 1.82) is 0 Å². The van der Waals surface area contributed by atoms with Gasteiger partial charge in [0.2, 0.25) is 0 Å². The van der Waals surface area contributed by atoms with Crippen LogP contribution >= 0.6 is 27.7 Å². The molecule has 1 aromatic carbocycles. The normalized spacial score (nSPS) is 14.8. The van der Waals surface area contributed by atoms with Gasteiger partial charge in [-0.1, -0.05) is 34.1 Å². The van der Waals surface area contributed by atoms with Crippen molar-refractivity contribution in [3.63, 3.8) is 0 Å². The second-order valence-electron chi connectivity index (χ2n) is 4.52. The Hall–Kier alpha value is 0.130. The molecule has 2 nitrogen and oxygen atoms in total. The van der Waals surface area contributed by atoms with E-state index in [1.54, 1.807) is 6.20 Å². The first-order chi connectivity index (χ1) is 8.74. The second-order valence-corrected chi connectivity index (χ2v) is 6.48. The number of aromatic nitrogens is 1. The van der Waals surface area contributed by atoms with Gasteiger partial charge in [-0.05, 0) is 37.1 Å². The smallest absolute Gasteiger partial charge is 1.00 e. The van der Waals surface area contributed by atoms with Crippen LogP contribution in [0.4, 0.5) is 0 Å². The van der Waals surface area contributed by atoms with Crippen molar-refractivity contribution in [2.45, 2.75) is 24.2 Å². The van der Waals surface area contributed by atoms with Crippen LogP contribution in [0.3, 0.4) is 0 Å². The number of hydrogen-bond donors (Lipinski definition) is 0. The van der Waals surface area contributed by atoms with Crippen molar-refractivity contribution in [2.75, 3.05) is 0 Å². The molecule has 1 aliphatic rings. The van der Waals surface area contributed by atoms with Crippen molar-refractivity contribution >= 4 is 43.7 Å². The molecule has 0 spiro atoms. The first kappa shape index (κ1) is 15.5. The quantitative estimate of drug-likeness (QED) is 0.610. The molecule has 1 fully saturated rings. The van der Waals surface area contributed by atoms with Crippen LogP contribution in [0.5, 0.6) is 0 Å². The van der Waals surface area contributed by atoms with E-state index in [9.17, 15) is 4.79 Å². The number of thioether (sulfide) groups is 1. The molecule has 2 aromatic rings. The van der Waals surface area contributed by atoms with Gasteiger partial charge in [0.25, 0.3) is 0 Å². The van der Waals surface area contributed by atoms with Gasteiger partial charge >= 0.3 is 29.6 Å². The summed E-state index contributed by atoms with van der Waals surface area (Å²) in [5.74, 6) is 0.269. The van der Waals surface area contributed by atoms with Crippen molar-refractivity contribution < 1.29 is 35.8 Å². The van der Waals surface area contributed by atoms with Crippen LogP contribution in [0, 0.1) is 5.92 Å². The van der Waals surface area contributed by atoms with Gasteiger partial charge < -0.3 is 1.43 Å². The summed E-state index contributed by atoms with van der Waals surface area (Å²) >= 11 is 4.83. The molecule has 0 amide bonds. The zero-order valence-electron chi connectivity index (χ0n) is 11.7. The van der Waals surface area contributed by atoms with Crippen LogP contribution in [-0.2, 0) is 4.79 Å². The first-order valence-electron chi connectivity index (χ1n) is 6.00. The molecule has 0 aliphatic heterocycles.